The Balaban J connectivity index is 2.19. The highest BCUT2D eigenvalue weighted by atomic mass is 19.4. The van der Waals surface area contributed by atoms with E-state index in [0.717, 1.165) is 12.1 Å². The fraction of sp³-hybridized carbons (Fsp3) is 0.529. The lowest BCUT2D eigenvalue weighted by Crippen LogP contribution is -2.50. The number of nitrogens with one attached hydrogen (secondary N) is 1. The molecule has 1 fully saturated rings. The first-order valence-electron chi connectivity index (χ1n) is 8.03. The molecule has 0 aromatic heterocycles. The quantitative estimate of drug-likeness (QED) is 0.863. The lowest BCUT2D eigenvalue weighted by Gasteiger charge is -2.36. The molecule has 0 aliphatic carbocycles. The molecule has 25 heavy (non-hydrogen) atoms. The van der Waals surface area contributed by atoms with Crippen molar-refractivity contribution in [2.45, 2.75) is 31.0 Å². The van der Waals surface area contributed by atoms with Crippen LogP contribution >= 0.6 is 0 Å². The van der Waals surface area contributed by atoms with Gasteiger partial charge in [0.25, 0.3) is 0 Å². The van der Waals surface area contributed by atoms with Crippen LogP contribution in [0.2, 0.25) is 0 Å². The second-order valence-electron chi connectivity index (χ2n) is 6.19. The summed E-state index contributed by atoms with van der Waals surface area (Å²) in [6, 6.07) is 6.56. The molecule has 0 radical (unpaired) electrons. The summed E-state index contributed by atoms with van der Waals surface area (Å²) < 4.78 is 40.5. The number of carbonyl (C=O) groups excluding carboxylic acids is 2. The number of benzene rings is 1. The standard InChI is InChI=1S/C17H21F3N2O3/c1-21-15(24)12-6-5-9-22(11-12)14(23)10-16(25,17(18,19)20)13-7-3-2-4-8-13/h2-4,7-8,12,25H,5-6,9-11H2,1H3,(H,21,24)/t12-,16+/m1/s1. The number of nitrogens with zero attached hydrogens (tertiary/aromatic N) is 1. The first-order chi connectivity index (χ1) is 11.7. The Morgan fingerprint density at radius 1 is 1.28 bits per heavy atom. The van der Waals surface area contributed by atoms with Crippen molar-refractivity contribution in [1.82, 2.24) is 10.2 Å². The minimum absolute atomic E-state index is 0.0568. The van der Waals surface area contributed by atoms with Gasteiger partial charge in [0.05, 0.1) is 12.3 Å². The van der Waals surface area contributed by atoms with Crippen molar-refractivity contribution >= 4 is 11.8 Å². The van der Waals surface area contributed by atoms with Crippen LogP contribution in [0, 0.1) is 5.92 Å². The number of likely N-dealkylation sites (tertiary alicyclic amines) is 1. The van der Waals surface area contributed by atoms with E-state index in [1.165, 1.54) is 30.1 Å². The predicted molar refractivity (Wildman–Crippen MR) is 84.4 cm³/mol. The van der Waals surface area contributed by atoms with Gasteiger partial charge in [-0.25, -0.2) is 0 Å². The Morgan fingerprint density at radius 3 is 2.48 bits per heavy atom. The van der Waals surface area contributed by atoms with Gasteiger partial charge < -0.3 is 15.3 Å². The number of carbonyl (C=O) groups is 2. The van der Waals surface area contributed by atoms with E-state index in [9.17, 15) is 27.9 Å². The summed E-state index contributed by atoms with van der Waals surface area (Å²) in [5.41, 5.74) is -3.64. The minimum Gasteiger partial charge on any atom is -0.376 e. The molecule has 0 unspecified atom stereocenters. The van der Waals surface area contributed by atoms with Crippen molar-refractivity contribution in [2.24, 2.45) is 5.92 Å². The number of hydrogen-bond acceptors (Lipinski definition) is 3. The number of halogens is 3. The fourth-order valence-corrected chi connectivity index (χ4v) is 3.03. The van der Waals surface area contributed by atoms with Gasteiger partial charge in [0.15, 0.2) is 5.60 Å². The van der Waals surface area contributed by atoms with E-state index in [1.54, 1.807) is 0 Å². The first kappa shape index (κ1) is 19.2. The normalized spacial score (nSPS) is 20.7. The lowest BCUT2D eigenvalue weighted by molar-refractivity contribution is -0.268. The van der Waals surface area contributed by atoms with Gasteiger partial charge in [-0.05, 0) is 18.4 Å². The van der Waals surface area contributed by atoms with Gasteiger partial charge >= 0.3 is 6.18 Å². The molecule has 0 saturated carbocycles. The van der Waals surface area contributed by atoms with Crippen LogP contribution in [-0.2, 0) is 15.2 Å². The smallest absolute Gasteiger partial charge is 0.376 e. The molecular formula is C17H21F3N2O3. The molecule has 1 aromatic rings. The highest BCUT2D eigenvalue weighted by Gasteiger charge is 2.56. The van der Waals surface area contributed by atoms with Crippen LogP contribution in [0.4, 0.5) is 13.2 Å². The van der Waals surface area contributed by atoms with Gasteiger partial charge in [-0.2, -0.15) is 13.2 Å². The van der Waals surface area contributed by atoms with Gasteiger partial charge in [0.2, 0.25) is 11.8 Å². The summed E-state index contributed by atoms with van der Waals surface area (Å²) >= 11 is 0. The van der Waals surface area contributed by atoms with Gasteiger partial charge in [-0.3, -0.25) is 9.59 Å². The zero-order valence-electron chi connectivity index (χ0n) is 13.8. The Hall–Kier alpha value is -2.09. The molecule has 138 valence electrons. The van der Waals surface area contributed by atoms with E-state index in [1.807, 2.05) is 0 Å². The Labute approximate surface area is 143 Å². The molecule has 0 bridgehead atoms. The number of hydrogen-bond donors (Lipinski definition) is 2. The number of alkyl halides is 3. The number of amides is 2. The zero-order chi connectivity index (χ0) is 18.7. The number of piperidine rings is 1. The third-order valence-electron chi connectivity index (χ3n) is 4.52. The Bertz CT molecular complexity index is 621. The van der Waals surface area contributed by atoms with Gasteiger partial charge in [-0.15, -0.1) is 0 Å². The minimum atomic E-state index is -5.00. The van der Waals surface area contributed by atoms with Crippen LogP contribution in [-0.4, -0.2) is 48.1 Å². The summed E-state index contributed by atoms with van der Waals surface area (Å²) in [5.74, 6) is -1.51. The second-order valence-corrected chi connectivity index (χ2v) is 6.19. The fourth-order valence-electron chi connectivity index (χ4n) is 3.03. The highest BCUT2D eigenvalue weighted by molar-refractivity contribution is 5.81. The topological polar surface area (TPSA) is 69.6 Å². The molecule has 1 aromatic carbocycles. The highest BCUT2D eigenvalue weighted by Crippen LogP contribution is 2.42. The van der Waals surface area contributed by atoms with E-state index in [0.29, 0.717) is 12.8 Å². The van der Waals surface area contributed by atoms with Crippen LogP contribution in [0.1, 0.15) is 24.8 Å². The lowest BCUT2D eigenvalue weighted by atomic mass is 9.88. The third kappa shape index (κ3) is 4.12. The maximum atomic E-state index is 13.5. The summed E-state index contributed by atoms with van der Waals surface area (Å²) in [6.07, 6.45) is -5.01. The van der Waals surface area contributed by atoms with Crippen LogP contribution in [0.5, 0.6) is 0 Å². The Kier molecular flexibility index (Phi) is 5.72. The monoisotopic (exact) mass is 358 g/mol. The van der Waals surface area contributed by atoms with Gasteiger partial charge in [-0.1, -0.05) is 30.3 Å². The first-order valence-corrected chi connectivity index (χ1v) is 8.03. The van der Waals surface area contributed by atoms with E-state index < -0.39 is 30.0 Å². The predicted octanol–water partition coefficient (Wildman–Crippen LogP) is 1.81. The molecule has 1 heterocycles. The zero-order valence-corrected chi connectivity index (χ0v) is 13.8. The molecule has 5 nitrogen and oxygen atoms in total. The largest absolute Gasteiger partial charge is 0.421 e. The molecule has 8 heteroatoms. The summed E-state index contributed by atoms with van der Waals surface area (Å²) in [7, 11) is 1.47. The van der Waals surface area contributed by atoms with Crippen LogP contribution in [0.25, 0.3) is 0 Å². The molecule has 0 spiro atoms. The molecule has 2 amide bonds. The molecule has 1 aliphatic heterocycles. The van der Waals surface area contributed by atoms with E-state index in [-0.39, 0.29) is 24.6 Å². The summed E-state index contributed by atoms with van der Waals surface area (Å²) in [5, 5.41) is 12.8. The molecule has 1 aliphatic rings. The van der Waals surface area contributed by atoms with Crippen molar-refractivity contribution < 1.29 is 27.9 Å². The van der Waals surface area contributed by atoms with E-state index in [4.69, 9.17) is 0 Å². The van der Waals surface area contributed by atoms with Crippen molar-refractivity contribution in [3.05, 3.63) is 35.9 Å². The summed E-state index contributed by atoms with van der Waals surface area (Å²) in [6.45, 7) is 0.330. The van der Waals surface area contributed by atoms with E-state index >= 15 is 0 Å². The third-order valence-corrected chi connectivity index (χ3v) is 4.52. The van der Waals surface area contributed by atoms with Crippen molar-refractivity contribution in [3.63, 3.8) is 0 Å². The van der Waals surface area contributed by atoms with Crippen molar-refractivity contribution in [2.75, 3.05) is 20.1 Å². The Morgan fingerprint density at radius 2 is 1.92 bits per heavy atom. The molecule has 1 saturated heterocycles. The SMILES string of the molecule is CNC(=O)[C@@H]1CCCN(C(=O)C[C@](O)(c2ccccc2)C(F)(F)F)C1. The average molecular weight is 358 g/mol. The maximum Gasteiger partial charge on any atom is 0.421 e. The summed E-state index contributed by atoms with van der Waals surface area (Å²) in [4.78, 5) is 25.4. The molecular weight excluding hydrogens is 337 g/mol. The molecule has 2 atom stereocenters. The van der Waals surface area contributed by atoms with Gasteiger partial charge in [0.1, 0.15) is 0 Å². The number of rotatable bonds is 4. The maximum absolute atomic E-state index is 13.5. The molecule has 2 N–H and O–H groups in total. The van der Waals surface area contributed by atoms with Crippen LogP contribution in [0.3, 0.4) is 0 Å². The van der Waals surface area contributed by atoms with Crippen LogP contribution in [0.15, 0.2) is 30.3 Å². The van der Waals surface area contributed by atoms with Crippen molar-refractivity contribution in [3.8, 4) is 0 Å². The van der Waals surface area contributed by atoms with Crippen LogP contribution < -0.4 is 5.32 Å². The average Bonchev–Trinajstić information content (AvgIpc) is 2.60. The molecule has 2 rings (SSSR count). The second kappa shape index (κ2) is 7.43. The van der Waals surface area contributed by atoms with E-state index in [2.05, 4.69) is 5.32 Å². The van der Waals surface area contributed by atoms with Gasteiger partial charge in [0, 0.05) is 20.1 Å². The van der Waals surface area contributed by atoms with Crippen molar-refractivity contribution in [1.29, 1.82) is 0 Å². The number of aliphatic hydroxyl groups is 1.